The maximum atomic E-state index is 12.8. The van der Waals surface area contributed by atoms with Crippen molar-refractivity contribution in [1.29, 1.82) is 0 Å². The van der Waals surface area contributed by atoms with Crippen LogP contribution in [-0.4, -0.2) is 16.0 Å². The van der Waals surface area contributed by atoms with E-state index in [-0.39, 0.29) is 33.4 Å². The molecule has 4 nitrogen and oxygen atoms in total. The molecule has 0 saturated heterocycles. The first-order chi connectivity index (χ1) is 12.4. The van der Waals surface area contributed by atoms with Gasteiger partial charge in [0.15, 0.2) is 5.78 Å². The van der Waals surface area contributed by atoms with Gasteiger partial charge in [-0.1, -0.05) is 46.4 Å². The molecule has 0 bridgehead atoms. The van der Waals surface area contributed by atoms with Gasteiger partial charge >= 0.3 is 0 Å². The number of ketones is 1. The van der Waals surface area contributed by atoms with Crippen molar-refractivity contribution in [2.75, 3.05) is 0 Å². The fourth-order valence-corrected chi connectivity index (χ4v) is 3.64. The molecule has 0 saturated carbocycles. The molecule has 1 aromatic heterocycles. The predicted molar refractivity (Wildman–Crippen MR) is 104 cm³/mol. The third-order valence-electron chi connectivity index (χ3n) is 3.73. The molecule has 8 heteroatoms. The van der Waals surface area contributed by atoms with Gasteiger partial charge in [0.1, 0.15) is 0 Å². The maximum Gasteiger partial charge on any atom is 0.267 e. The SMILES string of the molecule is O=C(c1ccc(Cl)c(Cc2ccn[nH]c2=O)c1)c1c(Cl)cc(Cl)cc1Cl. The molecule has 0 fully saturated rings. The number of carbonyl (C=O) groups is 1. The van der Waals surface area contributed by atoms with Crippen molar-refractivity contribution in [1.82, 2.24) is 10.2 Å². The highest BCUT2D eigenvalue weighted by Crippen LogP contribution is 2.31. The Balaban J connectivity index is 2.01. The van der Waals surface area contributed by atoms with Crippen molar-refractivity contribution in [3.05, 3.63) is 95.3 Å². The summed E-state index contributed by atoms with van der Waals surface area (Å²) in [5, 5.41) is 7.11. The summed E-state index contributed by atoms with van der Waals surface area (Å²) < 4.78 is 0. The molecule has 3 aromatic rings. The van der Waals surface area contributed by atoms with Gasteiger partial charge in [0, 0.05) is 33.8 Å². The van der Waals surface area contributed by atoms with E-state index in [0.29, 0.717) is 26.7 Å². The highest BCUT2D eigenvalue weighted by molar-refractivity contribution is 6.43. The summed E-state index contributed by atoms with van der Waals surface area (Å²) in [5.41, 5.74) is 1.29. The number of rotatable bonds is 4. The van der Waals surface area contributed by atoms with Crippen molar-refractivity contribution in [2.45, 2.75) is 6.42 Å². The smallest absolute Gasteiger partial charge is 0.267 e. The van der Waals surface area contributed by atoms with Gasteiger partial charge in [-0.05, 0) is 42.0 Å². The average Bonchev–Trinajstić information content (AvgIpc) is 2.57. The molecule has 0 aliphatic heterocycles. The second-order valence-electron chi connectivity index (χ2n) is 5.47. The number of carbonyl (C=O) groups excluding carboxylic acids is 1. The summed E-state index contributed by atoms with van der Waals surface area (Å²) in [6.07, 6.45) is 1.73. The number of halogens is 4. The molecule has 0 spiro atoms. The topological polar surface area (TPSA) is 62.8 Å². The summed E-state index contributed by atoms with van der Waals surface area (Å²) in [6.45, 7) is 0. The van der Waals surface area contributed by atoms with Gasteiger partial charge in [0.05, 0.1) is 15.6 Å². The van der Waals surface area contributed by atoms with Crippen LogP contribution in [0.3, 0.4) is 0 Å². The first-order valence-corrected chi connectivity index (χ1v) is 8.88. The second kappa shape index (κ2) is 7.80. The Morgan fingerprint density at radius 2 is 1.62 bits per heavy atom. The number of H-pyrrole nitrogens is 1. The molecule has 26 heavy (non-hydrogen) atoms. The van der Waals surface area contributed by atoms with Crippen LogP contribution in [0, 0.1) is 0 Å². The maximum absolute atomic E-state index is 12.8. The molecule has 2 aromatic carbocycles. The third kappa shape index (κ3) is 3.94. The summed E-state index contributed by atoms with van der Waals surface area (Å²) in [6, 6.07) is 9.29. The quantitative estimate of drug-likeness (QED) is 0.581. The van der Waals surface area contributed by atoms with Crippen LogP contribution in [-0.2, 0) is 6.42 Å². The Morgan fingerprint density at radius 1 is 0.923 bits per heavy atom. The molecule has 0 unspecified atom stereocenters. The van der Waals surface area contributed by atoms with Crippen LogP contribution >= 0.6 is 46.4 Å². The zero-order valence-corrected chi connectivity index (χ0v) is 16.0. The third-order valence-corrected chi connectivity index (χ3v) is 4.91. The Morgan fingerprint density at radius 3 is 2.27 bits per heavy atom. The summed E-state index contributed by atoms with van der Waals surface area (Å²) in [7, 11) is 0. The van der Waals surface area contributed by atoms with E-state index in [0.717, 1.165) is 0 Å². The van der Waals surface area contributed by atoms with Crippen LogP contribution in [0.25, 0.3) is 0 Å². The van der Waals surface area contributed by atoms with E-state index in [9.17, 15) is 9.59 Å². The van der Waals surface area contributed by atoms with Crippen molar-refractivity contribution in [2.24, 2.45) is 0 Å². The minimum atomic E-state index is -0.363. The van der Waals surface area contributed by atoms with E-state index >= 15 is 0 Å². The lowest BCUT2D eigenvalue weighted by Crippen LogP contribution is -2.14. The fourth-order valence-electron chi connectivity index (χ4n) is 2.47. The van der Waals surface area contributed by atoms with Gasteiger partial charge in [0.2, 0.25) is 0 Å². The number of hydrogen-bond donors (Lipinski definition) is 1. The molecule has 1 N–H and O–H groups in total. The average molecular weight is 428 g/mol. The van der Waals surface area contributed by atoms with Gasteiger partial charge < -0.3 is 0 Å². The van der Waals surface area contributed by atoms with Crippen LogP contribution in [0.2, 0.25) is 20.1 Å². The van der Waals surface area contributed by atoms with Crippen molar-refractivity contribution in [3.63, 3.8) is 0 Å². The van der Waals surface area contributed by atoms with Crippen molar-refractivity contribution in [3.8, 4) is 0 Å². The van der Waals surface area contributed by atoms with Gasteiger partial charge in [0.25, 0.3) is 5.56 Å². The van der Waals surface area contributed by atoms with E-state index < -0.39 is 0 Å². The van der Waals surface area contributed by atoms with Crippen LogP contribution in [0.4, 0.5) is 0 Å². The molecule has 3 rings (SSSR count). The van der Waals surface area contributed by atoms with Gasteiger partial charge in [-0.2, -0.15) is 5.10 Å². The normalized spacial score (nSPS) is 10.8. The number of nitrogens with one attached hydrogen (secondary N) is 1. The van der Waals surface area contributed by atoms with Crippen LogP contribution in [0.1, 0.15) is 27.0 Å². The van der Waals surface area contributed by atoms with E-state index in [1.165, 1.54) is 18.3 Å². The summed E-state index contributed by atoms with van der Waals surface area (Å²) >= 11 is 24.4. The van der Waals surface area contributed by atoms with E-state index in [1.807, 2.05) is 0 Å². The summed E-state index contributed by atoms with van der Waals surface area (Å²) in [4.78, 5) is 24.7. The molecule has 132 valence electrons. The molecular weight excluding hydrogens is 418 g/mol. The van der Waals surface area contributed by atoms with Gasteiger partial charge in [-0.15, -0.1) is 0 Å². The highest BCUT2D eigenvalue weighted by atomic mass is 35.5. The molecule has 0 aliphatic rings. The highest BCUT2D eigenvalue weighted by Gasteiger charge is 2.19. The number of benzene rings is 2. The Labute approximate surface area is 168 Å². The molecule has 0 amide bonds. The van der Waals surface area contributed by atoms with Crippen LogP contribution in [0.15, 0.2) is 47.4 Å². The van der Waals surface area contributed by atoms with Crippen LogP contribution < -0.4 is 5.56 Å². The molecule has 0 aliphatic carbocycles. The second-order valence-corrected chi connectivity index (χ2v) is 7.13. The van der Waals surface area contributed by atoms with Crippen molar-refractivity contribution >= 4 is 52.2 Å². The molecule has 0 radical (unpaired) electrons. The first kappa shape index (κ1) is 18.9. The van der Waals surface area contributed by atoms with Crippen molar-refractivity contribution < 1.29 is 4.79 Å². The Kier molecular flexibility index (Phi) is 5.68. The lowest BCUT2D eigenvalue weighted by molar-refractivity contribution is 0.103. The standard InChI is InChI=1S/C18H10Cl4N2O2/c19-12-7-14(21)16(15(22)8-12)17(25)9-1-2-13(20)11(5-9)6-10-3-4-23-24-18(10)26/h1-5,7-8H,6H2,(H,24,26). The molecule has 0 atom stereocenters. The molecular formula is C18H10Cl4N2O2. The lowest BCUT2D eigenvalue weighted by Gasteiger charge is -2.10. The number of hydrogen-bond acceptors (Lipinski definition) is 3. The number of nitrogens with zero attached hydrogens (tertiary/aromatic N) is 1. The van der Waals surface area contributed by atoms with E-state index in [4.69, 9.17) is 46.4 Å². The monoisotopic (exact) mass is 426 g/mol. The lowest BCUT2D eigenvalue weighted by atomic mass is 9.98. The Bertz CT molecular complexity index is 1040. The largest absolute Gasteiger partial charge is 0.288 e. The van der Waals surface area contributed by atoms with Gasteiger partial charge in [-0.3, -0.25) is 9.59 Å². The fraction of sp³-hybridized carbons (Fsp3) is 0.0556. The Hall–Kier alpha value is -1.85. The number of aromatic amines is 1. The molecule has 1 heterocycles. The van der Waals surface area contributed by atoms with Gasteiger partial charge in [-0.25, -0.2) is 5.10 Å². The first-order valence-electron chi connectivity index (χ1n) is 7.37. The minimum absolute atomic E-state index is 0.160. The van der Waals surface area contributed by atoms with E-state index in [1.54, 1.807) is 24.3 Å². The van der Waals surface area contributed by atoms with Crippen LogP contribution in [0.5, 0.6) is 0 Å². The minimum Gasteiger partial charge on any atom is -0.288 e. The zero-order chi connectivity index (χ0) is 18.8. The predicted octanol–water partition coefficient (Wildman–Crippen LogP) is 5.21. The summed E-state index contributed by atoms with van der Waals surface area (Å²) in [5.74, 6) is -0.363. The number of aromatic nitrogens is 2. The van der Waals surface area contributed by atoms with E-state index in [2.05, 4.69) is 10.2 Å². The zero-order valence-electron chi connectivity index (χ0n) is 13.0.